The molecule has 2 aromatic heterocycles. The molecule has 2 N–H and O–H groups in total. The van der Waals surface area contributed by atoms with Crippen LogP contribution in [-0.4, -0.2) is 39.0 Å². The Hall–Kier alpha value is -3.42. The summed E-state index contributed by atoms with van der Waals surface area (Å²) in [5.74, 6) is -0.175. The molecule has 0 aliphatic carbocycles. The van der Waals surface area contributed by atoms with E-state index in [2.05, 4.69) is 15.4 Å². The van der Waals surface area contributed by atoms with E-state index >= 15 is 0 Å². The second kappa shape index (κ2) is 6.95. The molecule has 1 fully saturated rings. The van der Waals surface area contributed by atoms with Crippen molar-refractivity contribution in [2.45, 2.75) is 32.7 Å². The van der Waals surface area contributed by atoms with Gasteiger partial charge in [0.2, 0.25) is 11.8 Å². The first-order valence-electron chi connectivity index (χ1n) is 9.15. The molecule has 28 heavy (non-hydrogen) atoms. The van der Waals surface area contributed by atoms with Crippen LogP contribution in [0.2, 0.25) is 0 Å². The molecule has 1 aliphatic heterocycles. The number of rotatable bonds is 4. The molecule has 1 atom stereocenters. The summed E-state index contributed by atoms with van der Waals surface area (Å²) >= 11 is 0. The number of carbonyl (C=O) groups excluding carboxylic acids is 2. The molecule has 0 spiro atoms. The lowest BCUT2D eigenvalue weighted by Gasteiger charge is -2.17. The summed E-state index contributed by atoms with van der Waals surface area (Å²) in [5.41, 5.74) is 3.38. The van der Waals surface area contributed by atoms with Crippen molar-refractivity contribution < 1.29 is 9.59 Å². The zero-order valence-corrected chi connectivity index (χ0v) is 15.7. The fraction of sp³-hybridized carbons (Fsp3) is 0.300. The molecule has 8 nitrogen and oxygen atoms in total. The molecule has 0 saturated carbocycles. The molecule has 3 aromatic rings. The van der Waals surface area contributed by atoms with E-state index in [9.17, 15) is 14.4 Å². The highest BCUT2D eigenvalue weighted by Crippen LogP contribution is 2.21. The third kappa shape index (κ3) is 3.28. The van der Waals surface area contributed by atoms with Crippen molar-refractivity contribution in [3.8, 4) is 0 Å². The normalized spacial score (nSPS) is 16.7. The molecule has 0 bridgehead atoms. The number of anilines is 1. The maximum atomic E-state index is 12.6. The summed E-state index contributed by atoms with van der Waals surface area (Å²) in [6.07, 6.45) is 0.414. The molecule has 3 heterocycles. The molecule has 2 amide bonds. The molecule has 144 valence electrons. The Labute approximate surface area is 161 Å². The van der Waals surface area contributed by atoms with E-state index in [0.29, 0.717) is 17.9 Å². The monoisotopic (exact) mass is 379 g/mol. The van der Waals surface area contributed by atoms with Crippen LogP contribution in [-0.2, 0) is 16.0 Å². The highest BCUT2D eigenvalue weighted by atomic mass is 16.2. The van der Waals surface area contributed by atoms with Crippen molar-refractivity contribution in [2.75, 3.05) is 11.4 Å². The Balaban J connectivity index is 1.47. The summed E-state index contributed by atoms with van der Waals surface area (Å²) in [6.45, 7) is 4.12. The van der Waals surface area contributed by atoms with Gasteiger partial charge in [0.1, 0.15) is 0 Å². The zero-order valence-electron chi connectivity index (χ0n) is 15.7. The number of aryl methyl sites for hydroxylation is 2. The maximum absolute atomic E-state index is 12.6. The van der Waals surface area contributed by atoms with Crippen molar-refractivity contribution in [1.82, 2.24) is 19.9 Å². The van der Waals surface area contributed by atoms with Crippen LogP contribution in [0.4, 0.5) is 5.69 Å². The lowest BCUT2D eigenvalue weighted by atomic mass is 10.1. The second-order valence-corrected chi connectivity index (χ2v) is 7.06. The predicted molar refractivity (Wildman–Crippen MR) is 104 cm³/mol. The van der Waals surface area contributed by atoms with Gasteiger partial charge in [0.15, 0.2) is 5.65 Å². The minimum Gasteiger partial charge on any atom is -0.351 e. The Morgan fingerprint density at radius 2 is 2.00 bits per heavy atom. The fourth-order valence-electron chi connectivity index (χ4n) is 3.71. The molecular weight excluding hydrogens is 358 g/mol. The van der Waals surface area contributed by atoms with Gasteiger partial charge in [-0.05, 0) is 26.0 Å². The molecule has 0 radical (unpaired) electrons. The Morgan fingerprint density at radius 3 is 2.75 bits per heavy atom. The van der Waals surface area contributed by atoms with Gasteiger partial charge in [-0.2, -0.15) is 0 Å². The van der Waals surface area contributed by atoms with Crippen LogP contribution in [0.3, 0.4) is 0 Å². The summed E-state index contributed by atoms with van der Waals surface area (Å²) in [6, 6.07) is 10.6. The van der Waals surface area contributed by atoms with Gasteiger partial charge < -0.3 is 10.2 Å². The highest BCUT2D eigenvalue weighted by Gasteiger charge is 2.31. The van der Waals surface area contributed by atoms with E-state index in [1.165, 1.54) is 6.07 Å². The van der Waals surface area contributed by atoms with Crippen LogP contribution in [0.25, 0.3) is 5.65 Å². The van der Waals surface area contributed by atoms with Crippen molar-refractivity contribution >= 4 is 23.1 Å². The largest absolute Gasteiger partial charge is 0.351 e. The number of para-hydroxylation sites is 1. The van der Waals surface area contributed by atoms with E-state index < -0.39 is 0 Å². The summed E-state index contributed by atoms with van der Waals surface area (Å²) in [4.78, 5) is 42.6. The predicted octanol–water partition coefficient (Wildman–Crippen LogP) is 1.10. The van der Waals surface area contributed by atoms with Crippen LogP contribution < -0.4 is 15.8 Å². The van der Waals surface area contributed by atoms with Crippen LogP contribution >= 0.6 is 0 Å². The number of aromatic nitrogens is 3. The van der Waals surface area contributed by atoms with Crippen molar-refractivity contribution in [2.24, 2.45) is 0 Å². The number of H-pyrrole nitrogens is 1. The maximum Gasteiger partial charge on any atom is 0.266 e. The zero-order chi connectivity index (χ0) is 19.8. The highest BCUT2D eigenvalue weighted by molar-refractivity contribution is 5.96. The second-order valence-electron chi connectivity index (χ2n) is 7.06. The molecule has 1 aromatic carbocycles. The van der Waals surface area contributed by atoms with E-state index in [0.717, 1.165) is 16.9 Å². The van der Waals surface area contributed by atoms with Gasteiger partial charge in [-0.3, -0.25) is 19.5 Å². The lowest BCUT2D eigenvalue weighted by Crippen LogP contribution is -2.38. The van der Waals surface area contributed by atoms with Crippen LogP contribution in [0.15, 0.2) is 41.2 Å². The first-order chi connectivity index (χ1) is 13.4. The lowest BCUT2D eigenvalue weighted by molar-refractivity contribution is -0.121. The molecule has 1 saturated heterocycles. The summed E-state index contributed by atoms with van der Waals surface area (Å²) in [5, 5.41) is 5.64. The SMILES string of the molecule is Cc1nc2cc(=O)[nH]n2c(C)c1CC(=O)NC1CC(=O)N(c2ccccc2)C1. The van der Waals surface area contributed by atoms with Crippen LogP contribution in [0.1, 0.15) is 23.4 Å². The minimum atomic E-state index is -0.234. The van der Waals surface area contributed by atoms with E-state index in [-0.39, 0.29) is 36.3 Å². The van der Waals surface area contributed by atoms with Crippen LogP contribution in [0.5, 0.6) is 0 Å². The van der Waals surface area contributed by atoms with Crippen molar-refractivity contribution in [3.05, 3.63) is 63.7 Å². The number of aromatic amines is 1. The number of hydrogen-bond acceptors (Lipinski definition) is 4. The number of amides is 2. The summed E-state index contributed by atoms with van der Waals surface area (Å²) in [7, 11) is 0. The first-order valence-corrected chi connectivity index (χ1v) is 9.15. The number of nitrogens with one attached hydrogen (secondary N) is 2. The Morgan fingerprint density at radius 1 is 1.25 bits per heavy atom. The number of carbonyl (C=O) groups is 2. The fourth-order valence-corrected chi connectivity index (χ4v) is 3.71. The summed E-state index contributed by atoms with van der Waals surface area (Å²) < 4.78 is 1.59. The van der Waals surface area contributed by atoms with Gasteiger partial charge in [0, 0.05) is 41.7 Å². The molecule has 4 rings (SSSR count). The molecule has 8 heteroatoms. The van der Waals surface area contributed by atoms with Gasteiger partial charge in [0.25, 0.3) is 5.56 Å². The number of hydrogen-bond donors (Lipinski definition) is 2. The van der Waals surface area contributed by atoms with E-state index in [4.69, 9.17) is 0 Å². The quantitative estimate of drug-likeness (QED) is 0.709. The Kier molecular flexibility index (Phi) is 4.46. The minimum absolute atomic E-state index is 0.00290. The average Bonchev–Trinajstić information content (AvgIpc) is 3.21. The standard InChI is InChI=1S/C20H21N5O3/c1-12-16(13(2)25-17(21-12)10-19(27)23-25)9-18(26)22-14-8-20(28)24(11-14)15-6-4-3-5-7-15/h3-7,10,14H,8-9,11H2,1-2H3,(H,22,26)(H,23,27). The third-order valence-electron chi connectivity index (χ3n) is 5.10. The topological polar surface area (TPSA) is 99.6 Å². The van der Waals surface area contributed by atoms with Crippen molar-refractivity contribution in [3.63, 3.8) is 0 Å². The van der Waals surface area contributed by atoms with Gasteiger partial charge in [-0.1, -0.05) is 18.2 Å². The van der Waals surface area contributed by atoms with Crippen LogP contribution in [0, 0.1) is 13.8 Å². The third-order valence-corrected chi connectivity index (χ3v) is 5.10. The average molecular weight is 379 g/mol. The van der Waals surface area contributed by atoms with Gasteiger partial charge >= 0.3 is 0 Å². The van der Waals surface area contributed by atoms with Gasteiger partial charge in [0.05, 0.1) is 12.5 Å². The number of fused-ring (bicyclic) bond motifs is 1. The molecule has 1 aliphatic rings. The number of benzene rings is 1. The molecule has 1 unspecified atom stereocenters. The van der Waals surface area contributed by atoms with Gasteiger partial charge in [-0.25, -0.2) is 9.50 Å². The van der Waals surface area contributed by atoms with E-state index in [1.807, 2.05) is 44.2 Å². The number of nitrogens with zero attached hydrogens (tertiary/aromatic N) is 3. The van der Waals surface area contributed by atoms with E-state index in [1.54, 1.807) is 9.42 Å². The Bertz CT molecular complexity index is 1120. The first kappa shape index (κ1) is 18.0. The van der Waals surface area contributed by atoms with Gasteiger partial charge in [-0.15, -0.1) is 0 Å². The molecular formula is C20H21N5O3. The van der Waals surface area contributed by atoms with Crippen molar-refractivity contribution in [1.29, 1.82) is 0 Å². The smallest absolute Gasteiger partial charge is 0.266 e.